The number of aromatic nitrogens is 2. The summed E-state index contributed by atoms with van der Waals surface area (Å²) in [6.45, 7) is 8.86. The molecule has 0 radical (unpaired) electrons. The van der Waals surface area contributed by atoms with Gasteiger partial charge in [0, 0.05) is 25.1 Å². The molecule has 0 atom stereocenters. The second kappa shape index (κ2) is 10.3. The maximum atomic E-state index is 12.9. The molecule has 1 aromatic carbocycles. The molecule has 0 saturated heterocycles. The van der Waals surface area contributed by atoms with E-state index in [1.54, 1.807) is 23.7 Å². The lowest BCUT2D eigenvalue weighted by Crippen LogP contribution is -2.39. The van der Waals surface area contributed by atoms with E-state index in [0.29, 0.717) is 12.4 Å². The number of amides is 2. The van der Waals surface area contributed by atoms with Crippen LogP contribution < -0.4 is 10.1 Å². The molecule has 0 unspecified atom stereocenters. The molecule has 0 spiro atoms. The van der Waals surface area contributed by atoms with Gasteiger partial charge in [-0.05, 0) is 24.1 Å². The molecule has 0 aliphatic carbocycles. The minimum absolute atomic E-state index is 0.0189. The van der Waals surface area contributed by atoms with Gasteiger partial charge in [-0.15, -0.1) is 0 Å². The number of unbranched alkanes of at least 4 members (excludes halogenated alkanes) is 1. The van der Waals surface area contributed by atoms with Crippen LogP contribution in [0.3, 0.4) is 0 Å². The second-order valence-electron chi connectivity index (χ2n) is 8.53. The quantitative estimate of drug-likeness (QED) is 0.681. The molecule has 0 bridgehead atoms. The van der Waals surface area contributed by atoms with E-state index >= 15 is 0 Å². The van der Waals surface area contributed by atoms with E-state index in [1.807, 2.05) is 30.3 Å². The summed E-state index contributed by atoms with van der Waals surface area (Å²) in [5.41, 5.74) is 1.69. The van der Waals surface area contributed by atoms with Gasteiger partial charge in [0.1, 0.15) is 11.6 Å². The van der Waals surface area contributed by atoms with Crippen molar-refractivity contribution in [3.8, 4) is 5.75 Å². The summed E-state index contributed by atoms with van der Waals surface area (Å²) in [4.78, 5) is 27.2. The Morgan fingerprint density at radius 1 is 1.20 bits per heavy atom. The normalized spacial score (nSPS) is 11.3. The van der Waals surface area contributed by atoms with Gasteiger partial charge in [0.25, 0.3) is 0 Å². The number of carbonyl (C=O) groups is 2. The number of aryl methyl sites for hydroxylation is 1. The summed E-state index contributed by atoms with van der Waals surface area (Å²) in [5.74, 6) is 1.09. The molecular formula is C23H34N4O3. The number of hydrogen-bond acceptors (Lipinski definition) is 4. The second-order valence-corrected chi connectivity index (χ2v) is 8.53. The average molecular weight is 415 g/mol. The van der Waals surface area contributed by atoms with Crippen molar-refractivity contribution in [1.82, 2.24) is 14.7 Å². The summed E-state index contributed by atoms with van der Waals surface area (Å²) in [6, 6.07) is 9.30. The van der Waals surface area contributed by atoms with Crippen LogP contribution in [0.5, 0.6) is 5.75 Å². The molecule has 164 valence electrons. The molecule has 1 heterocycles. The minimum atomic E-state index is -0.224. The maximum absolute atomic E-state index is 12.9. The number of nitrogens with zero attached hydrogens (tertiary/aromatic N) is 3. The van der Waals surface area contributed by atoms with E-state index in [1.165, 1.54) is 0 Å². The van der Waals surface area contributed by atoms with E-state index in [-0.39, 0.29) is 30.2 Å². The number of carbonyl (C=O) groups excluding carboxylic acids is 2. The fourth-order valence-corrected chi connectivity index (χ4v) is 2.98. The number of rotatable bonds is 9. The lowest BCUT2D eigenvalue weighted by atomic mass is 9.92. The van der Waals surface area contributed by atoms with Crippen molar-refractivity contribution >= 4 is 17.6 Å². The number of nitrogens with one attached hydrogen (secondary N) is 1. The Balaban J connectivity index is 2.04. The molecular weight excluding hydrogens is 380 g/mol. The van der Waals surface area contributed by atoms with E-state index in [0.717, 1.165) is 29.8 Å². The summed E-state index contributed by atoms with van der Waals surface area (Å²) in [6.07, 6.45) is 2.05. The Morgan fingerprint density at radius 2 is 1.87 bits per heavy atom. The highest BCUT2D eigenvalue weighted by Gasteiger charge is 2.21. The highest BCUT2D eigenvalue weighted by Crippen LogP contribution is 2.23. The Kier molecular flexibility index (Phi) is 8.03. The molecule has 2 rings (SSSR count). The predicted molar refractivity (Wildman–Crippen MR) is 119 cm³/mol. The van der Waals surface area contributed by atoms with Gasteiger partial charge >= 0.3 is 0 Å². The van der Waals surface area contributed by atoms with Gasteiger partial charge in [0.05, 0.1) is 25.8 Å². The molecule has 0 saturated carbocycles. The standard InChI is InChI=1S/C23H34N4O3/c1-7-8-13-27(22(29)14-17-9-11-18(30-6)12-10-17)16-21(28)24-20-15-19(23(2,3)4)25-26(20)5/h9-12,15H,7-8,13-14,16H2,1-6H3,(H,24,28). The van der Waals surface area contributed by atoms with Gasteiger partial charge < -0.3 is 15.0 Å². The van der Waals surface area contributed by atoms with Crippen LogP contribution in [0.1, 0.15) is 51.8 Å². The van der Waals surface area contributed by atoms with Crippen LogP contribution >= 0.6 is 0 Å². The van der Waals surface area contributed by atoms with Crippen molar-refractivity contribution in [3.63, 3.8) is 0 Å². The van der Waals surface area contributed by atoms with Crippen LogP contribution in [-0.4, -0.2) is 46.7 Å². The average Bonchev–Trinajstić information content (AvgIpc) is 3.06. The van der Waals surface area contributed by atoms with E-state index in [4.69, 9.17) is 4.74 Å². The summed E-state index contributed by atoms with van der Waals surface area (Å²) < 4.78 is 6.82. The van der Waals surface area contributed by atoms with Crippen LogP contribution in [0.2, 0.25) is 0 Å². The van der Waals surface area contributed by atoms with Crippen molar-refractivity contribution in [2.45, 2.75) is 52.4 Å². The van der Waals surface area contributed by atoms with Crippen molar-refractivity contribution in [2.24, 2.45) is 7.05 Å². The third kappa shape index (κ3) is 6.61. The van der Waals surface area contributed by atoms with E-state index in [9.17, 15) is 9.59 Å². The lowest BCUT2D eigenvalue weighted by Gasteiger charge is -2.22. The van der Waals surface area contributed by atoms with Crippen LogP contribution in [0.25, 0.3) is 0 Å². The molecule has 7 heteroatoms. The molecule has 30 heavy (non-hydrogen) atoms. The number of benzene rings is 1. The zero-order chi connectivity index (χ0) is 22.3. The third-order valence-corrected chi connectivity index (χ3v) is 4.90. The monoisotopic (exact) mass is 414 g/mol. The third-order valence-electron chi connectivity index (χ3n) is 4.90. The topological polar surface area (TPSA) is 76.5 Å². The summed E-state index contributed by atoms with van der Waals surface area (Å²) in [7, 11) is 3.41. The molecule has 2 amide bonds. The van der Waals surface area contributed by atoms with Gasteiger partial charge in [-0.3, -0.25) is 14.3 Å². The first-order chi connectivity index (χ1) is 14.1. The Labute approximate surface area is 179 Å². The van der Waals surface area contributed by atoms with Crippen LogP contribution in [0, 0.1) is 0 Å². The highest BCUT2D eigenvalue weighted by atomic mass is 16.5. The number of hydrogen-bond donors (Lipinski definition) is 1. The zero-order valence-electron chi connectivity index (χ0n) is 19.0. The first kappa shape index (κ1) is 23.4. The van der Waals surface area contributed by atoms with E-state index in [2.05, 4.69) is 38.1 Å². The Hall–Kier alpha value is -2.83. The highest BCUT2D eigenvalue weighted by molar-refractivity contribution is 5.94. The first-order valence-corrected chi connectivity index (χ1v) is 10.4. The van der Waals surface area contributed by atoms with Crippen molar-refractivity contribution < 1.29 is 14.3 Å². The summed E-state index contributed by atoms with van der Waals surface area (Å²) in [5, 5.41) is 7.37. The van der Waals surface area contributed by atoms with Crippen LogP contribution in [-0.2, 0) is 28.5 Å². The van der Waals surface area contributed by atoms with Crippen molar-refractivity contribution in [1.29, 1.82) is 0 Å². The van der Waals surface area contributed by atoms with Crippen LogP contribution in [0.15, 0.2) is 30.3 Å². The zero-order valence-corrected chi connectivity index (χ0v) is 19.0. The van der Waals surface area contributed by atoms with E-state index < -0.39 is 0 Å². The number of methoxy groups -OCH3 is 1. The number of anilines is 1. The maximum Gasteiger partial charge on any atom is 0.245 e. The Morgan fingerprint density at radius 3 is 2.40 bits per heavy atom. The molecule has 0 aliphatic rings. The van der Waals surface area contributed by atoms with Gasteiger partial charge in [-0.2, -0.15) is 5.10 Å². The molecule has 1 aromatic heterocycles. The minimum Gasteiger partial charge on any atom is -0.497 e. The largest absolute Gasteiger partial charge is 0.497 e. The van der Waals surface area contributed by atoms with Crippen molar-refractivity contribution in [3.05, 3.63) is 41.6 Å². The predicted octanol–water partition coefficient (Wildman–Crippen LogP) is 3.54. The molecule has 1 N–H and O–H groups in total. The smallest absolute Gasteiger partial charge is 0.245 e. The Bertz CT molecular complexity index is 850. The van der Waals surface area contributed by atoms with Gasteiger partial charge in [0.15, 0.2) is 0 Å². The fraction of sp³-hybridized carbons (Fsp3) is 0.522. The molecule has 2 aromatic rings. The molecule has 7 nitrogen and oxygen atoms in total. The van der Waals surface area contributed by atoms with Crippen LogP contribution in [0.4, 0.5) is 5.82 Å². The summed E-state index contributed by atoms with van der Waals surface area (Å²) >= 11 is 0. The lowest BCUT2D eigenvalue weighted by molar-refractivity contribution is -0.134. The SMILES string of the molecule is CCCCN(CC(=O)Nc1cc(C(C)(C)C)nn1C)C(=O)Cc1ccc(OC)cc1. The molecule has 0 fully saturated rings. The van der Waals surface area contributed by atoms with Gasteiger partial charge in [-0.25, -0.2) is 0 Å². The first-order valence-electron chi connectivity index (χ1n) is 10.4. The fourth-order valence-electron chi connectivity index (χ4n) is 2.98. The van der Waals surface area contributed by atoms with Gasteiger partial charge in [0.2, 0.25) is 11.8 Å². The van der Waals surface area contributed by atoms with Gasteiger partial charge in [-0.1, -0.05) is 46.2 Å². The molecule has 0 aliphatic heterocycles. The van der Waals surface area contributed by atoms with Crippen molar-refractivity contribution in [2.75, 3.05) is 25.5 Å². The number of ether oxygens (including phenoxy) is 1.